The molecule has 0 amide bonds. The number of aromatic nitrogens is 1. The predicted octanol–water partition coefficient (Wildman–Crippen LogP) is 2.88. The van der Waals surface area contributed by atoms with Gasteiger partial charge in [-0.3, -0.25) is 0 Å². The van der Waals surface area contributed by atoms with Gasteiger partial charge in [0.25, 0.3) is 0 Å². The molecule has 0 bridgehead atoms. The third-order valence-corrected chi connectivity index (χ3v) is 3.79. The Morgan fingerprint density at radius 2 is 2.35 bits per heavy atom. The van der Waals surface area contributed by atoms with E-state index in [1.54, 1.807) is 6.20 Å². The molecule has 94 valence electrons. The molecule has 2 heterocycles. The lowest BCUT2D eigenvalue weighted by Gasteiger charge is -2.35. The van der Waals surface area contributed by atoms with Crippen LogP contribution < -0.4 is 5.32 Å². The minimum absolute atomic E-state index is 0.300. The number of hydrogen-bond donors (Lipinski definition) is 1. The van der Waals surface area contributed by atoms with E-state index < -0.39 is 0 Å². The van der Waals surface area contributed by atoms with Crippen LogP contribution in [-0.2, 0) is 0 Å². The number of nitrogens with zero attached hydrogens (tertiary/aromatic N) is 2. The summed E-state index contributed by atoms with van der Waals surface area (Å²) in [6.07, 6.45) is 3.66. The average molecular weight is 302 g/mol. The maximum Gasteiger partial charge on any atom is 0.166 e. The number of hydrogen-bond acceptors (Lipinski definition) is 3. The van der Waals surface area contributed by atoms with Gasteiger partial charge in [0.05, 0.1) is 0 Å². The highest BCUT2D eigenvalue weighted by Crippen LogP contribution is 2.21. The Balaban J connectivity index is 2.01. The van der Waals surface area contributed by atoms with Gasteiger partial charge in [-0.25, -0.2) is 9.37 Å². The van der Waals surface area contributed by atoms with Gasteiger partial charge < -0.3 is 10.2 Å². The largest absolute Gasteiger partial charge is 0.365 e. The maximum absolute atomic E-state index is 13.6. The van der Waals surface area contributed by atoms with Crippen LogP contribution in [0.3, 0.4) is 0 Å². The van der Waals surface area contributed by atoms with Gasteiger partial charge in [-0.1, -0.05) is 0 Å². The van der Waals surface area contributed by atoms with E-state index in [-0.39, 0.29) is 5.82 Å². The molecule has 0 aromatic carbocycles. The maximum atomic E-state index is 13.6. The molecular weight excluding hydrogens is 285 g/mol. The normalized spacial score (nSPS) is 25.9. The fraction of sp³-hybridized carbons (Fsp3) is 0.583. The monoisotopic (exact) mass is 301 g/mol. The number of anilines is 1. The SMILES string of the molecule is CC1CC(Nc2ncc(Br)cc2F)CCN1C. The van der Waals surface area contributed by atoms with Crippen molar-refractivity contribution in [3.63, 3.8) is 0 Å². The van der Waals surface area contributed by atoms with Crippen molar-refractivity contribution in [2.75, 3.05) is 18.9 Å². The summed E-state index contributed by atoms with van der Waals surface area (Å²) in [5, 5.41) is 3.19. The summed E-state index contributed by atoms with van der Waals surface area (Å²) in [6.45, 7) is 3.23. The lowest BCUT2D eigenvalue weighted by molar-refractivity contribution is 0.190. The molecular formula is C12H17BrFN3. The van der Waals surface area contributed by atoms with Crippen molar-refractivity contribution in [3.8, 4) is 0 Å². The first-order valence-electron chi connectivity index (χ1n) is 5.84. The standard InChI is InChI=1S/C12H17BrFN3/c1-8-5-10(3-4-17(8)2)16-12-11(14)6-9(13)7-15-12/h6-8,10H,3-5H2,1-2H3,(H,15,16). The van der Waals surface area contributed by atoms with Gasteiger partial charge in [0.1, 0.15) is 0 Å². The average Bonchev–Trinajstić information content (AvgIpc) is 2.27. The molecule has 1 saturated heterocycles. The molecule has 0 aliphatic carbocycles. The van der Waals surface area contributed by atoms with Crippen molar-refractivity contribution >= 4 is 21.7 Å². The van der Waals surface area contributed by atoms with Crippen LogP contribution in [0, 0.1) is 5.82 Å². The first-order chi connectivity index (χ1) is 8.06. The molecule has 5 heteroatoms. The smallest absolute Gasteiger partial charge is 0.166 e. The number of rotatable bonds is 2. The van der Waals surface area contributed by atoms with Crippen LogP contribution in [0.2, 0.25) is 0 Å². The summed E-state index contributed by atoms with van der Waals surface area (Å²) in [6, 6.07) is 2.28. The number of nitrogens with one attached hydrogen (secondary N) is 1. The highest BCUT2D eigenvalue weighted by Gasteiger charge is 2.23. The molecule has 1 N–H and O–H groups in total. The summed E-state index contributed by atoms with van der Waals surface area (Å²) < 4.78 is 14.3. The Labute approximate surface area is 110 Å². The molecule has 1 aromatic heterocycles. The number of likely N-dealkylation sites (tertiary alicyclic amines) is 1. The van der Waals surface area contributed by atoms with Crippen molar-refractivity contribution in [3.05, 3.63) is 22.6 Å². The van der Waals surface area contributed by atoms with E-state index in [4.69, 9.17) is 0 Å². The second-order valence-corrected chi connectivity index (χ2v) is 5.59. The van der Waals surface area contributed by atoms with Gasteiger partial charge >= 0.3 is 0 Å². The number of halogens is 2. The molecule has 0 spiro atoms. The van der Waals surface area contributed by atoms with Crippen molar-refractivity contribution in [1.82, 2.24) is 9.88 Å². The Hall–Kier alpha value is -0.680. The minimum Gasteiger partial charge on any atom is -0.365 e. The van der Waals surface area contributed by atoms with Crippen LogP contribution in [0.5, 0.6) is 0 Å². The van der Waals surface area contributed by atoms with Crippen molar-refractivity contribution in [1.29, 1.82) is 0 Å². The quantitative estimate of drug-likeness (QED) is 0.910. The van der Waals surface area contributed by atoms with Crippen LogP contribution in [-0.4, -0.2) is 35.6 Å². The summed E-state index contributed by atoms with van der Waals surface area (Å²) >= 11 is 3.20. The third kappa shape index (κ3) is 3.16. The topological polar surface area (TPSA) is 28.2 Å². The van der Waals surface area contributed by atoms with Crippen LogP contribution >= 0.6 is 15.9 Å². The van der Waals surface area contributed by atoms with E-state index in [0.717, 1.165) is 19.4 Å². The zero-order valence-corrected chi connectivity index (χ0v) is 11.7. The van der Waals surface area contributed by atoms with Crippen LogP contribution in [0.25, 0.3) is 0 Å². The second kappa shape index (κ2) is 5.31. The molecule has 1 aliphatic heterocycles. The first-order valence-corrected chi connectivity index (χ1v) is 6.63. The lowest BCUT2D eigenvalue weighted by atomic mass is 9.99. The van der Waals surface area contributed by atoms with Crippen LogP contribution in [0.1, 0.15) is 19.8 Å². The van der Waals surface area contributed by atoms with E-state index in [9.17, 15) is 4.39 Å². The van der Waals surface area contributed by atoms with Crippen molar-refractivity contribution < 1.29 is 4.39 Å². The third-order valence-electron chi connectivity index (χ3n) is 3.36. The van der Waals surface area contributed by atoms with E-state index in [1.807, 2.05) is 0 Å². The fourth-order valence-electron chi connectivity index (χ4n) is 2.13. The van der Waals surface area contributed by atoms with Crippen LogP contribution in [0.15, 0.2) is 16.7 Å². The second-order valence-electron chi connectivity index (χ2n) is 4.68. The molecule has 0 saturated carbocycles. The molecule has 1 aliphatic rings. The molecule has 2 atom stereocenters. The van der Waals surface area contributed by atoms with Gasteiger partial charge in [0.2, 0.25) is 0 Å². The molecule has 0 radical (unpaired) electrons. The minimum atomic E-state index is -0.300. The van der Waals surface area contributed by atoms with E-state index >= 15 is 0 Å². The Morgan fingerprint density at radius 1 is 1.59 bits per heavy atom. The van der Waals surface area contributed by atoms with Gasteiger partial charge in [-0.15, -0.1) is 0 Å². The van der Waals surface area contributed by atoms with Crippen molar-refractivity contribution in [2.24, 2.45) is 0 Å². The fourth-order valence-corrected chi connectivity index (χ4v) is 2.44. The Kier molecular flexibility index (Phi) is 3.99. The number of piperidine rings is 1. The predicted molar refractivity (Wildman–Crippen MR) is 70.6 cm³/mol. The zero-order chi connectivity index (χ0) is 12.4. The van der Waals surface area contributed by atoms with E-state index in [2.05, 4.69) is 45.1 Å². The summed E-state index contributed by atoms with van der Waals surface area (Å²) in [4.78, 5) is 6.39. The van der Waals surface area contributed by atoms with Gasteiger partial charge in [0.15, 0.2) is 11.6 Å². The molecule has 2 unspecified atom stereocenters. The molecule has 17 heavy (non-hydrogen) atoms. The molecule has 1 fully saturated rings. The zero-order valence-electron chi connectivity index (χ0n) is 10.1. The molecule has 1 aromatic rings. The molecule has 2 rings (SSSR count). The summed E-state index contributed by atoms with van der Waals surface area (Å²) in [5.41, 5.74) is 0. The van der Waals surface area contributed by atoms with Gasteiger partial charge in [-0.2, -0.15) is 0 Å². The first kappa shape index (κ1) is 12.8. The highest BCUT2D eigenvalue weighted by molar-refractivity contribution is 9.10. The van der Waals surface area contributed by atoms with Crippen molar-refractivity contribution in [2.45, 2.75) is 31.8 Å². The number of pyridine rings is 1. The highest BCUT2D eigenvalue weighted by atomic mass is 79.9. The lowest BCUT2D eigenvalue weighted by Crippen LogP contribution is -2.42. The molecule has 3 nitrogen and oxygen atoms in total. The van der Waals surface area contributed by atoms with E-state index in [0.29, 0.717) is 22.4 Å². The van der Waals surface area contributed by atoms with Gasteiger partial charge in [-0.05, 0) is 48.8 Å². The Morgan fingerprint density at radius 3 is 3.00 bits per heavy atom. The summed E-state index contributed by atoms with van der Waals surface area (Å²) in [7, 11) is 2.12. The Bertz CT molecular complexity index is 399. The summed E-state index contributed by atoms with van der Waals surface area (Å²) in [5.74, 6) is 0.0564. The van der Waals surface area contributed by atoms with Gasteiger partial charge in [0, 0.05) is 29.3 Å². The van der Waals surface area contributed by atoms with Crippen LogP contribution in [0.4, 0.5) is 10.2 Å². The van der Waals surface area contributed by atoms with E-state index in [1.165, 1.54) is 6.07 Å².